The van der Waals surface area contributed by atoms with E-state index in [0.717, 1.165) is 43.6 Å². The highest BCUT2D eigenvalue weighted by molar-refractivity contribution is 5.36. The topological polar surface area (TPSA) is 38.7 Å². The molecule has 3 rings (SSSR count). The van der Waals surface area contributed by atoms with Crippen molar-refractivity contribution in [3.63, 3.8) is 0 Å². The molecule has 1 fully saturated rings. The Bertz CT molecular complexity index is 753. The minimum atomic E-state index is -0.179. The zero-order valence-corrected chi connectivity index (χ0v) is 18.2. The molecule has 0 saturated heterocycles. The largest absolute Gasteiger partial charge is 0.497 e. The van der Waals surface area contributed by atoms with Gasteiger partial charge in [-0.25, -0.2) is 0 Å². The van der Waals surface area contributed by atoms with E-state index in [1.807, 2.05) is 24.3 Å². The summed E-state index contributed by atoms with van der Waals surface area (Å²) in [4.78, 5) is 0. The van der Waals surface area contributed by atoms with Gasteiger partial charge in [-0.15, -0.1) is 0 Å². The van der Waals surface area contributed by atoms with Crippen molar-refractivity contribution in [2.75, 3.05) is 14.2 Å². The third-order valence-electron chi connectivity index (χ3n) is 6.47. The van der Waals surface area contributed by atoms with E-state index in [2.05, 4.69) is 38.1 Å². The maximum absolute atomic E-state index is 10.5. The van der Waals surface area contributed by atoms with Crippen molar-refractivity contribution < 1.29 is 14.6 Å². The first-order valence-electron chi connectivity index (χ1n) is 10.7. The van der Waals surface area contributed by atoms with Gasteiger partial charge in [-0.2, -0.15) is 0 Å². The maximum atomic E-state index is 10.5. The molecule has 0 spiro atoms. The van der Waals surface area contributed by atoms with Gasteiger partial charge in [0.05, 0.1) is 20.3 Å². The molecule has 3 atom stereocenters. The normalized spacial score (nSPS) is 21.7. The fraction of sp³-hybridized carbons (Fsp3) is 0.462. The first-order chi connectivity index (χ1) is 14.0. The summed E-state index contributed by atoms with van der Waals surface area (Å²) >= 11 is 0. The lowest BCUT2D eigenvalue weighted by atomic mass is 9.71. The second-order valence-corrected chi connectivity index (χ2v) is 8.15. The lowest BCUT2D eigenvalue weighted by Gasteiger charge is -2.37. The molecule has 0 aromatic heterocycles. The van der Waals surface area contributed by atoms with Crippen molar-refractivity contribution in [3.8, 4) is 11.5 Å². The van der Waals surface area contributed by atoms with Crippen LogP contribution in [-0.2, 0) is 12.8 Å². The van der Waals surface area contributed by atoms with Crippen LogP contribution in [0.3, 0.4) is 0 Å². The minimum Gasteiger partial charge on any atom is -0.497 e. The van der Waals surface area contributed by atoms with E-state index in [1.165, 1.54) is 22.3 Å². The average molecular weight is 395 g/mol. The van der Waals surface area contributed by atoms with Crippen molar-refractivity contribution in [1.29, 1.82) is 0 Å². The van der Waals surface area contributed by atoms with Crippen LogP contribution < -0.4 is 9.47 Å². The molecule has 3 nitrogen and oxygen atoms in total. The molecule has 1 N–H and O–H groups in total. The molecule has 3 heteroatoms. The van der Waals surface area contributed by atoms with E-state index >= 15 is 0 Å². The second kappa shape index (κ2) is 9.98. The van der Waals surface area contributed by atoms with Crippen LogP contribution in [0.4, 0.5) is 0 Å². The minimum absolute atomic E-state index is 0.179. The molecule has 2 aromatic rings. The summed E-state index contributed by atoms with van der Waals surface area (Å²) in [6.07, 6.45) is 4.56. The quantitative estimate of drug-likeness (QED) is 0.621. The number of aliphatic hydroxyl groups is 1. The van der Waals surface area contributed by atoms with Crippen LogP contribution in [0.2, 0.25) is 0 Å². The van der Waals surface area contributed by atoms with Gasteiger partial charge >= 0.3 is 0 Å². The summed E-state index contributed by atoms with van der Waals surface area (Å²) in [5.41, 5.74) is 5.62. The average Bonchev–Trinajstić information content (AvgIpc) is 2.75. The molecule has 156 valence electrons. The van der Waals surface area contributed by atoms with Crippen molar-refractivity contribution >= 4 is 0 Å². The summed E-state index contributed by atoms with van der Waals surface area (Å²) in [6.45, 7) is 4.49. The molecule has 0 radical (unpaired) electrons. The molecule has 1 aliphatic rings. The molecule has 0 aliphatic heterocycles. The molecule has 1 aliphatic carbocycles. The highest BCUT2D eigenvalue weighted by atomic mass is 16.5. The lowest BCUT2D eigenvalue weighted by Crippen LogP contribution is -2.32. The molecule has 1 saturated carbocycles. The van der Waals surface area contributed by atoms with Gasteiger partial charge in [-0.3, -0.25) is 0 Å². The van der Waals surface area contributed by atoms with Crippen molar-refractivity contribution in [1.82, 2.24) is 0 Å². The molecule has 29 heavy (non-hydrogen) atoms. The standard InChI is InChI=1S/C26H34O3/c1-5-24-18(2)25(14-15-26(24)27)21(16-19-6-10-22(28-3)11-7-19)17-20-8-12-23(29-4)13-9-20/h6-13,18,24,26-27H,5,14-17H2,1-4H3. The smallest absolute Gasteiger partial charge is 0.118 e. The fourth-order valence-corrected chi connectivity index (χ4v) is 4.73. The first kappa shape index (κ1) is 21.4. The van der Waals surface area contributed by atoms with Crippen LogP contribution in [-0.4, -0.2) is 25.4 Å². The Hall–Kier alpha value is -2.26. The number of benzene rings is 2. The fourth-order valence-electron chi connectivity index (χ4n) is 4.73. The number of rotatable bonds is 7. The first-order valence-corrected chi connectivity index (χ1v) is 10.7. The van der Waals surface area contributed by atoms with Gasteiger partial charge in [0.1, 0.15) is 11.5 Å². The Morgan fingerprint density at radius 3 is 1.79 bits per heavy atom. The molecular weight excluding hydrogens is 360 g/mol. The Balaban J connectivity index is 1.92. The van der Waals surface area contributed by atoms with Gasteiger partial charge in [0.15, 0.2) is 0 Å². The van der Waals surface area contributed by atoms with Crippen LogP contribution in [0.25, 0.3) is 0 Å². The van der Waals surface area contributed by atoms with E-state index in [9.17, 15) is 5.11 Å². The molecule has 0 amide bonds. The van der Waals surface area contributed by atoms with Gasteiger partial charge in [0, 0.05) is 0 Å². The molecule has 0 bridgehead atoms. The maximum Gasteiger partial charge on any atom is 0.118 e. The number of methoxy groups -OCH3 is 2. The summed E-state index contributed by atoms with van der Waals surface area (Å²) in [5.74, 6) is 2.53. The van der Waals surface area contributed by atoms with Crippen molar-refractivity contribution in [3.05, 3.63) is 70.8 Å². The lowest BCUT2D eigenvalue weighted by molar-refractivity contribution is 0.0571. The Morgan fingerprint density at radius 1 is 0.897 bits per heavy atom. The van der Waals surface area contributed by atoms with Crippen molar-refractivity contribution in [2.45, 2.75) is 52.1 Å². The SMILES string of the molecule is CCC1C(O)CCC(=C(Cc2ccc(OC)cc2)Cc2ccc(OC)cc2)C1C. The Labute approximate surface area is 175 Å². The van der Waals surface area contributed by atoms with E-state index < -0.39 is 0 Å². The van der Waals surface area contributed by atoms with Crippen LogP contribution in [0.15, 0.2) is 59.7 Å². The van der Waals surface area contributed by atoms with Crippen LogP contribution >= 0.6 is 0 Å². The van der Waals surface area contributed by atoms with E-state index in [0.29, 0.717) is 11.8 Å². The molecular formula is C26H34O3. The second-order valence-electron chi connectivity index (χ2n) is 8.15. The Morgan fingerprint density at radius 2 is 1.38 bits per heavy atom. The summed E-state index contributed by atoms with van der Waals surface area (Å²) in [7, 11) is 3.40. The summed E-state index contributed by atoms with van der Waals surface area (Å²) in [6, 6.07) is 16.8. The highest BCUT2D eigenvalue weighted by Gasteiger charge is 2.32. The third-order valence-corrected chi connectivity index (χ3v) is 6.47. The van der Waals surface area contributed by atoms with Gasteiger partial charge < -0.3 is 14.6 Å². The van der Waals surface area contributed by atoms with E-state index in [-0.39, 0.29) is 6.10 Å². The van der Waals surface area contributed by atoms with Crippen LogP contribution in [0, 0.1) is 11.8 Å². The molecule has 0 heterocycles. The number of aliphatic hydroxyl groups excluding tert-OH is 1. The number of hydrogen-bond acceptors (Lipinski definition) is 3. The molecule has 2 aromatic carbocycles. The summed E-state index contributed by atoms with van der Waals surface area (Å²) < 4.78 is 10.6. The van der Waals surface area contributed by atoms with Gasteiger partial charge in [-0.1, -0.05) is 55.7 Å². The van der Waals surface area contributed by atoms with Crippen LogP contribution in [0.5, 0.6) is 11.5 Å². The van der Waals surface area contributed by atoms with E-state index in [1.54, 1.807) is 14.2 Å². The molecule has 3 unspecified atom stereocenters. The number of hydrogen-bond donors (Lipinski definition) is 1. The highest BCUT2D eigenvalue weighted by Crippen LogP contribution is 2.39. The van der Waals surface area contributed by atoms with Gasteiger partial charge in [-0.05, 0) is 72.9 Å². The zero-order chi connectivity index (χ0) is 20.8. The Kier molecular flexibility index (Phi) is 7.38. The number of ether oxygens (including phenoxy) is 2. The summed E-state index contributed by atoms with van der Waals surface area (Å²) in [5, 5.41) is 10.5. The van der Waals surface area contributed by atoms with Gasteiger partial charge in [0.2, 0.25) is 0 Å². The number of allylic oxidation sites excluding steroid dienone is 2. The monoisotopic (exact) mass is 394 g/mol. The van der Waals surface area contributed by atoms with Crippen LogP contribution in [0.1, 0.15) is 44.2 Å². The van der Waals surface area contributed by atoms with Crippen molar-refractivity contribution in [2.24, 2.45) is 11.8 Å². The van der Waals surface area contributed by atoms with E-state index in [4.69, 9.17) is 9.47 Å². The zero-order valence-electron chi connectivity index (χ0n) is 18.2. The van der Waals surface area contributed by atoms with Gasteiger partial charge in [0.25, 0.3) is 0 Å². The predicted molar refractivity (Wildman–Crippen MR) is 119 cm³/mol. The predicted octanol–water partition coefficient (Wildman–Crippen LogP) is 5.60. The third kappa shape index (κ3) is 5.22.